The number of nitrogens with zero attached hydrogens (tertiary/aromatic N) is 2. The van der Waals surface area contributed by atoms with Gasteiger partial charge in [0.2, 0.25) is 0 Å². The Morgan fingerprint density at radius 2 is 1.68 bits per heavy atom. The second-order valence-corrected chi connectivity index (χ2v) is 6.21. The van der Waals surface area contributed by atoms with Crippen molar-refractivity contribution in [1.82, 2.24) is 9.38 Å². The molecule has 0 unspecified atom stereocenters. The molecular weight excluding hydrogens is 369 g/mol. The summed E-state index contributed by atoms with van der Waals surface area (Å²) in [6.45, 7) is 0. The first-order valence-electron chi connectivity index (χ1n) is 8.32. The molecule has 1 N–H and O–H groups in total. The highest BCUT2D eigenvalue weighted by Gasteiger charge is 2.30. The molecule has 4 aromatic rings. The molecule has 0 radical (unpaired) electrons. The number of carbonyl (C=O) groups is 1. The van der Waals surface area contributed by atoms with Crippen LogP contribution in [0.3, 0.4) is 0 Å². The third-order valence-corrected chi connectivity index (χ3v) is 4.45. The van der Waals surface area contributed by atoms with Crippen molar-refractivity contribution in [1.29, 1.82) is 0 Å². The van der Waals surface area contributed by atoms with Crippen molar-refractivity contribution < 1.29 is 23.1 Å². The Morgan fingerprint density at radius 1 is 0.964 bits per heavy atom. The molecule has 2 aromatic heterocycles. The lowest BCUT2D eigenvalue weighted by Crippen LogP contribution is -2.04. The van der Waals surface area contributed by atoms with Crippen molar-refractivity contribution in [3.63, 3.8) is 0 Å². The number of aromatic hydroxyl groups is 1. The van der Waals surface area contributed by atoms with Crippen LogP contribution in [0.2, 0.25) is 0 Å². The molecular formula is C21H13F3N2O2. The number of pyridine rings is 1. The van der Waals surface area contributed by atoms with E-state index in [1.165, 1.54) is 24.3 Å². The van der Waals surface area contributed by atoms with Crippen molar-refractivity contribution in [2.24, 2.45) is 0 Å². The maximum absolute atomic E-state index is 12.8. The zero-order valence-corrected chi connectivity index (χ0v) is 14.3. The summed E-state index contributed by atoms with van der Waals surface area (Å²) in [4.78, 5) is 15.5. The Labute approximate surface area is 157 Å². The standard InChI is InChI=1S/C21H13F3N2O2/c22-21(23,24)16-8-6-13(7-9-16)19-17-3-1-2-10-26(17)20(25-19)14-4-5-15(12-27)18(28)11-14/h1-12,28H. The highest BCUT2D eigenvalue weighted by Crippen LogP contribution is 2.34. The Morgan fingerprint density at radius 3 is 2.32 bits per heavy atom. The van der Waals surface area contributed by atoms with E-state index in [4.69, 9.17) is 0 Å². The van der Waals surface area contributed by atoms with Gasteiger partial charge in [-0.15, -0.1) is 0 Å². The minimum absolute atomic E-state index is 0.160. The van der Waals surface area contributed by atoms with Gasteiger partial charge in [0, 0.05) is 17.3 Å². The van der Waals surface area contributed by atoms with E-state index in [0.717, 1.165) is 12.1 Å². The molecule has 0 aliphatic rings. The van der Waals surface area contributed by atoms with Gasteiger partial charge in [0.15, 0.2) is 6.29 Å². The van der Waals surface area contributed by atoms with E-state index >= 15 is 0 Å². The van der Waals surface area contributed by atoms with Gasteiger partial charge in [0.25, 0.3) is 0 Å². The Balaban J connectivity index is 1.88. The van der Waals surface area contributed by atoms with Gasteiger partial charge in [0.1, 0.15) is 11.6 Å². The number of hydrogen-bond acceptors (Lipinski definition) is 3. The molecule has 2 aromatic carbocycles. The van der Waals surface area contributed by atoms with Crippen LogP contribution in [0.25, 0.3) is 28.2 Å². The summed E-state index contributed by atoms with van der Waals surface area (Å²) >= 11 is 0. The van der Waals surface area contributed by atoms with Gasteiger partial charge in [-0.3, -0.25) is 9.20 Å². The van der Waals surface area contributed by atoms with Gasteiger partial charge in [-0.05, 0) is 36.4 Å². The molecule has 4 rings (SSSR count). The van der Waals surface area contributed by atoms with Gasteiger partial charge < -0.3 is 5.11 Å². The molecule has 0 saturated heterocycles. The summed E-state index contributed by atoms with van der Waals surface area (Å²) in [5, 5.41) is 9.98. The fourth-order valence-corrected chi connectivity index (χ4v) is 3.05. The van der Waals surface area contributed by atoms with E-state index in [1.54, 1.807) is 28.8 Å². The number of hydrogen-bond donors (Lipinski definition) is 1. The third kappa shape index (κ3) is 3.00. The molecule has 0 saturated carbocycles. The van der Waals surface area contributed by atoms with E-state index in [9.17, 15) is 23.1 Å². The van der Waals surface area contributed by atoms with Gasteiger partial charge in [0.05, 0.1) is 22.3 Å². The summed E-state index contributed by atoms with van der Waals surface area (Å²) in [5.74, 6) is 0.328. The molecule has 0 amide bonds. The number of benzene rings is 2. The summed E-state index contributed by atoms with van der Waals surface area (Å²) < 4.78 is 40.3. The average molecular weight is 382 g/mol. The van der Waals surface area contributed by atoms with Crippen LogP contribution >= 0.6 is 0 Å². The maximum Gasteiger partial charge on any atom is 0.416 e. The number of aldehydes is 1. The predicted molar refractivity (Wildman–Crippen MR) is 98.1 cm³/mol. The molecule has 0 aliphatic carbocycles. The lowest BCUT2D eigenvalue weighted by molar-refractivity contribution is -0.137. The number of fused-ring (bicyclic) bond motifs is 1. The number of rotatable bonds is 3. The molecule has 0 atom stereocenters. The minimum Gasteiger partial charge on any atom is -0.507 e. The van der Waals surface area contributed by atoms with Crippen molar-refractivity contribution >= 4 is 11.8 Å². The van der Waals surface area contributed by atoms with Crippen molar-refractivity contribution in [2.75, 3.05) is 0 Å². The molecule has 7 heteroatoms. The lowest BCUT2D eigenvalue weighted by Gasteiger charge is -2.06. The summed E-state index contributed by atoms with van der Waals surface area (Å²) in [5.41, 5.74) is 1.76. The number of imidazole rings is 1. The zero-order chi connectivity index (χ0) is 19.9. The van der Waals surface area contributed by atoms with E-state index in [2.05, 4.69) is 4.98 Å². The van der Waals surface area contributed by atoms with Gasteiger partial charge in [-0.2, -0.15) is 13.2 Å². The summed E-state index contributed by atoms with van der Waals surface area (Å²) in [7, 11) is 0. The monoisotopic (exact) mass is 382 g/mol. The smallest absolute Gasteiger partial charge is 0.416 e. The summed E-state index contributed by atoms with van der Waals surface area (Å²) in [6, 6.07) is 14.8. The molecule has 0 spiro atoms. The largest absolute Gasteiger partial charge is 0.507 e. The third-order valence-electron chi connectivity index (χ3n) is 4.45. The molecule has 0 fully saturated rings. The molecule has 140 valence electrons. The number of aromatic nitrogens is 2. The highest BCUT2D eigenvalue weighted by atomic mass is 19.4. The normalized spacial score (nSPS) is 11.7. The Kier molecular flexibility index (Phi) is 4.15. The number of carbonyl (C=O) groups excluding carboxylic acids is 1. The second-order valence-electron chi connectivity index (χ2n) is 6.21. The molecule has 28 heavy (non-hydrogen) atoms. The maximum atomic E-state index is 12.8. The topological polar surface area (TPSA) is 54.6 Å². The molecule has 4 nitrogen and oxygen atoms in total. The second kappa shape index (κ2) is 6.53. The van der Waals surface area contributed by atoms with Crippen molar-refractivity contribution in [2.45, 2.75) is 6.18 Å². The van der Waals surface area contributed by atoms with Crippen molar-refractivity contribution in [3.8, 4) is 28.4 Å². The van der Waals surface area contributed by atoms with Gasteiger partial charge in [-0.1, -0.05) is 24.3 Å². The van der Waals surface area contributed by atoms with Crippen LogP contribution in [0.4, 0.5) is 13.2 Å². The van der Waals surface area contributed by atoms with E-state index in [-0.39, 0.29) is 11.3 Å². The first-order valence-corrected chi connectivity index (χ1v) is 8.32. The van der Waals surface area contributed by atoms with Crippen LogP contribution < -0.4 is 0 Å². The van der Waals surface area contributed by atoms with Crippen LogP contribution in [0, 0.1) is 0 Å². The van der Waals surface area contributed by atoms with Crippen LogP contribution in [0.5, 0.6) is 5.75 Å². The summed E-state index contributed by atoms with van der Waals surface area (Å²) in [6.07, 6.45) is -2.08. The number of phenols is 1. The Bertz CT molecular complexity index is 1180. The highest BCUT2D eigenvalue weighted by molar-refractivity contribution is 5.84. The predicted octanol–water partition coefficient (Wildman–Crippen LogP) is 5.21. The fourth-order valence-electron chi connectivity index (χ4n) is 3.05. The minimum atomic E-state index is -4.40. The van der Waals surface area contributed by atoms with Crippen LogP contribution in [0.1, 0.15) is 15.9 Å². The number of halogens is 3. The first-order chi connectivity index (χ1) is 13.4. The van der Waals surface area contributed by atoms with Gasteiger partial charge in [-0.25, -0.2) is 4.98 Å². The average Bonchev–Trinajstić information content (AvgIpc) is 3.07. The SMILES string of the molecule is O=Cc1ccc(-c2nc(-c3ccc(C(F)(F)F)cc3)c3ccccn23)cc1O. The molecule has 0 aliphatic heterocycles. The van der Waals surface area contributed by atoms with E-state index < -0.39 is 11.7 Å². The van der Waals surface area contributed by atoms with Gasteiger partial charge >= 0.3 is 6.18 Å². The molecule has 0 bridgehead atoms. The van der Waals surface area contributed by atoms with E-state index in [0.29, 0.717) is 34.4 Å². The Hall–Kier alpha value is -3.61. The number of phenolic OH excluding ortho intramolecular Hbond substituents is 1. The van der Waals surface area contributed by atoms with E-state index in [1.807, 2.05) is 6.07 Å². The number of alkyl halides is 3. The quantitative estimate of drug-likeness (QED) is 0.495. The lowest BCUT2D eigenvalue weighted by atomic mass is 10.1. The van der Waals surface area contributed by atoms with Crippen LogP contribution in [-0.4, -0.2) is 20.8 Å². The van der Waals surface area contributed by atoms with Crippen LogP contribution in [0.15, 0.2) is 66.9 Å². The first kappa shape index (κ1) is 17.8. The molecule has 2 heterocycles. The van der Waals surface area contributed by atoms with Crippen LogP contribution in [-0.2, 0) is 6.18 Å². The van der Waals surface area contributed by atoms with Crippen molar-refractivity contribution in [3.05, 3.63) is 78.0 Å². The fraction of sp³-hybridized carbons (Fsp3) is 0.0476. The zero-order valence-electron chi connectivity index (χ0n) is 14.3.